The van der Waals surface area contributed by atoms with Crippen LogP contribution in [-0.2, 0) is 4.79 Å². The van der Waals surface area contributed by atoms with Crippen molar-refractivity contribution in [2.75, 3.05) is 0 Å². The zero-order chi connectivity index (χ0) is 14.1. The number of fused-ring (bicyclic) bond motifs is 5. The van der Waals surface area contributed by atoms with Gasteiger partial charge >= 0.3 is 0 Å². The highest BCUT2D eigenvalue weighted by Gasteiger charge is 2.60. The summed E-state index contributed by atoms with van der Waals surface area (Å²) in [5.74, 6) is 2.48. The second-order valence-electron chi connectivity index (χ2n) is 8.27. The second-order valence-corrected chi connectivity index (χ2v) is 8.27. The summed E-state index contributed by atoms with van der Waals surface area (Å²) in [5, 5.41) is 10.4. The van der Waals surface area contributed by atoms with Crippen molar-refractivity contribution < 1.29 is 9.90 Å². The maximum Gasteiger partial charge on any atom is 0.155 e. The number of rotatable bonds is 0. The van der Waals surface area contributed by atoms with Crippen LogP contribution >= 0.6 is 0 Å². The second kappa shape index (κ2) is 3.97. The minimum absolute atomic E-state index is 0.0977. The largest absolute Gasteiger partial charge is 0.393 e. The van der Waals surface area contributed by atoms with Gasteiger partial charge < -0.3 is 5.11 Å². The van der Waals surface area contributed by atoms with Crippen molar-refractivity contribution in [2.45, 2.75) is 64.9 Å². The Bertz CT molecular complexity index is 494. The van der Waals surface area contributed by atoms with Crippen molar-refractivity contribution in [3.05, 3.63) is 11.6 Å². The van der Waals surface area contributed by atoms with Gasteiger partial charge in [0.2, 0.25) is 0 Å². The zero-order valence-electron chi connectivity index (χ0n) is 12.7. The lowest BCUT2D eigenvalue weighted by molar-refractivity contribution is -0.116. The van der Waals surface area contributed by atoms with Gasteiger partial charge in [0, 0.05) is 6.42 Å². The maximum atomic E-state index is 11.8. The van der Waals surface area contributed by atoms with Gasteiger partial charge in [0.15, 0.2) is 5.78 Å². The lowest BCUT2D eigenvalue weighted by Crippen LogP contribution is -2.44. The Morgan fingerprint density at radius 1 is 1.15 bits per heavy atom. The first-order chi connectivity index (χ1) is 9.45. The third-order valence-electron chi connectivity index (χ3n) is 7.62. The fraction of sp³-hybridized carbons (Fsp3) is 0.833. The fourth-order valence-corrected chi connectivity index (χ4v) is 6.28. The molecule has 2 nitrogen and oxygen atoms in total. The van der Waals surface area contributed by atoms with Gasteiger partial charge in [-0.05, 0) is 73.2 Å². The first kappa shape index (κ1) is 13.1. The molecular formula is C18H26O2. The molecule has 6 atom stereocenters. The number of carbonyl (C=O) groups is 1. The summed E-state index contributed by atoms with van der Waals surface area (Å²) >= 11 is 0. The molecule has 3 saturated carbocycles. The summed E-state index contributed by atoms with van der Waals surface area (Å²) in [4.78, 5) is 11.8. The van der Waals surface area contributed by atoms with Crippen LogP contribution < -0.4 is 0 Å². The van der Waals surface area contributed by atoms with E-state index in [1.165, 1.54) is 24.8 Å². The van der Waals surface area contributed by atoms with Crippen LogP contribution in [0.3, 0.4) is 0 Å². The molecule has 0 unspecified atom stereocenters. The van der Waals surface area contributed by atoms with Gasteiger partial charge in [0.05, 0.1) is 6.10 Å². The molecule has 0 heterocycles. The first-order valence-corrected chi connectivity index (χ1v) is 8.37. The smallest absolute Gasteiger partial charge is 0.155 e. The van der Waals surface area contributed by atoms with E-state index < -0.39 is 0 Å². The van der Waals surface area contributed by atoms with Crippen LogP contribution in [0.15, 0.2) is 11.6 Å². The molecule has 0 aliphatic heterocycles. The fourth-order valence-electron chi connectivity index (χ4n) is 6.28. The van der Waals surface area contributed by atoms with E-state index in [1.807, 2.05) is 6.08 Å². The molecule has 0 aromatic carbocycles. The first-order valence-electron chi connectivity index (χ1n) is 8.37. The summed E-state index contributed by atoms with van der Waals surface area (Å²) in [6.07, 6.45) is 9.41. The van der Waals surface area contributed by atoms with Gasteiger partial charge in [-0.25, -0.2) is 0 Å². The molecule has 110 valence electrons. The van der Waals surface area contributed by atoms with Crippen LogP contribution in [0.2, 0.25) is 0 Å². The minimum atomic E-state index is -0.0977. The Morgan fingerprint density at radius 3 is 2.75 bits per heavy atom. The van der Waals surface area contributed by atoms with Crippen LogP contribution in [0, 0.1) is 28.6 Å². The highest BCUT2D eigenvalue weighted by Crippen LogP contribution is 2.67. The highest BCUT2D eigenvalue weighted by atomic mass is 16.3. The number of ketones is 1. The van der Waals surface area contributed by atoms with Gasteiger partial charge in [0.25, 0.3) is 0 Å². The molecule has 3 fully saturated rings. The van der Waals surface area contributed by atoms with Crippen LogP contribution in [0.5, 0.6) is 0 Å². The van der Waals surface area contributed by atoms with E-state index in [4.69, 9.17) is 0 Å². The highest BCUT2D eigenvalue weighted by molar-refractivity contribution is 5.91. The number of carbonyl (C=O) groups excluding carboxylic acids is 1. The Morgan fingerprint density at radius 2 is 1.95 bits per heavy atom. The molecule has 0 bridgehead atoms. The Kier molecular flexibility index (Phi) is 2.59. The molecule has 0 aromatic rings. The van der Waals surface area contributed by atoms with Crippen LogP contribution in [0.4, 0.5) is 0 Å². The predicted molar refractivity (Wildman–Crippen MR) is 78.1 cm³/mol. The third-order valence-corrected chi connectivity index (χ3v) is 7.62. The molecule has 0 radical (unpaired) electrons. The van der Waals surface area contributed by atoms with Crippen molar-refractivity contribution in [3.8, 4) is 0 Å². The average molecular weight is 274 g/mol. The van der Waals surface area contributed by atoms with Crippen LogP contribution in [0.25, 0.3) is 0 Å². The van der Waals surface area contributed by atoms with E-state index in [2.05, 4.69) is 13.8 Å². The summed E-state index contributed by atoms with van der Waals surface area (Å²) in [5.41, 5.74) is 1.87. The third kappa shape index (κ3) is 1.46. The van der Waals surface area contributed by atoms with E-state index in [0.717, 1.165) is 31.6 Å². The molecule has 4 aliphatic carbocycles. The monoisotopic (exact) mass is 274 g/mol. The Hall–Kier alpha value is -0.630. The van der Waals surface area contributed by atoms with Crippen molar-refractivity contribution in [2.24, 2.45) is 28.6 Å². The normalized spacial score (nSPS) is 54.1. The topological polar surface area (TPSA) is 37.3 Å². The lowest BCUT2D eigenvalue weighted by atomic mass is 9.56. The van der Waals surface area contributed by atoms with Gasteiger partial charge in [0.1, 0.15) is 0 Å². The molecular weight excluding hydrogens is 248 g/mol. The molecule has 0 aromatic heterocycles. The zero-order valence-corrected chi connectivity index (χ0v) is 12.7. The molecule has 1 N–H and O–H groups in total. The number of aliphatic hydroxyl groups excluding tert-OH is 1. The van der Waals surface area contributed by atoms with Crippen LogP contribution in [0.1, 0.15) is 58.8 Å². The maximum absolute atomic E-state index is 11.8. The Labute approximate surface area is 121 Å². The molecule has 20 heavy (non-hydrogen) atoms. The molecule has 2 heteroatoms. The number of hydrogen-bond acceptors (Lipinski definition) is 2. The SMILES string of the molecule is C[C@]12CC[C@H]3[C@@H](CC4=CC(=O)CC[C@@]43C)[C@@H]1CC[C@@H]2O. The molecule has 4 aliphatic rings. The summed E-state index contributed by atoms with van der Waals surface area (Å²) in [6.45, 7) is 4.72. The number of aliphatic hydroxyl groups is 1. The van der Waals surface area contributed by atoms with Gasteiger partial charge in [-0.3, -0.25) is 4.79 Å². The van der Waals surface area contributed by atoms with Gasteiger partial charge in [-0.1, -0.05) is 19.4 Å². The van der Waals surface area contributed by atoms with Gasteiger partial charge in [-0.2, -0.15) is 0 Å². The van der Waals surface area contributed by atoms with E-state index in [0.29, 0.717) is 17.6 Å². The predicted octanol–water partition coefficient (Wildman–Crippen LogP) is 3.49. The molecule has 0 spiro atoms. The number of hydrogen-bond donors (Lipinski definition) is 1. The summed E-state index contributed by atoms with van der Waals surface area (Å²) in [6, 6.07) is 0. The number of allylic oxidation sites excluding steroid dienone is 2. The van der Waals surface area contributed by atoms with Crippen molar-refractivity contribution in [3.63, 3.8) is 0 Å². The molecule has 0 saturated heterocycles. The molecule has 0 amide bonds. The quantitative estimate of drug-likeness (QED) is 0.734. The van der Waals surface area contributed by atoms with E-state index >= 15 is 0 Å². The Balaban J connectivity index is 1.72. The minimum Gasteiger partial charge on any atom is -0.393 e. The van der Waals surface area contributed by atoms with E-state index in [9.17, 15) is 9.90 Å². The summed E-state index contributed by atoms with van der Waals surface area (Å²) < 4.78 is 0. The van der Waals surface area contributed by atoms with Crippen molar-refractivity contribution in [1.29, 1.82) is 0 Å². The van der Waals surface area contributed by atoms with E-state index in [-0.39, 0.29) is 16.9 Å². The van der Waals surface area contributed by atoms with Crippen molar-refractivity contribution in [1.82, 2.24) is 0 Å². The van der Waals surface area contributed by atoms with Gasteiger partial charge in [-0.15, -0.1) is 0 Å². The van der Waals surface area contributed by atoms with Crippen molar-refractivity contribution >= 4 is 5.78 Å². The summed E-state index contributed by atoms with van der Waals surface area (Å²) in [7, 11) is 0. The van der Waals surface area contributed by atoms with E-state index in [1.54, 1.807) is 0 Å². The lowest BCUT2D eigenvalue weighted by Gasteiger charge is -2.48. The molecule has 4 rings (SSSR count). The van der Waals surface area contributed by atoms with Crippen LogP contribution in [-0.4, -0.2) is 17.0 Å². The average Bonchev–Trinajstić information content (AvgIpc) is 2.86. The standard InChI is InChI=1S/C18H26O2/c1-17-7-5-12(19)9-11(17)10-13-14-3-4-16(20)18(14,2)8-6-15(13)17/h9,13-16,20H,3-8,10H2,1-2H3/t13-,14-,15-,16-,17-,18-/m0/s1.